The molecule has 6 heteroatoms. The average molecular weight is 281 g/mol. The van der Waals surface area contributed by atoms with Gasteiger partial charge in [-0.15, -0.1) is 0 Å². The number of hydrogen-bond acceptors (Lipinski definition) is 6. The quantitative estimate of drug-likeness (QED) is 0.273. The van der Waals surface area contributed by atoms with Crippen molar-refractivity contribution in [2.75, 3.05) is 13.7 Å². The zero-order chi connectivity index (χ0) is 15.3. The minimum Gasteiger partial charge on any atom is -0.511 e. The molecule has 0 aliphatic heterocycles. The standard InChI is InChI=1S/C14H19NO5/c1-5-6-20-15-8-9-10(16)7-14(2,3)11(12(9)17)13(18)19-4/h5,8,11,17H,1,6-7H2,2-4H3/b15-8+. The molecule has 0 radical (unpaired) electrons. The fourth-order valence-electron chi connectivity index (χ4n) is 2.15. The molecule has 0 fully saturated rings. The number of ether oxygens (including phenoxy) is 1. The number of rotatable bonds is 5. The molecule has 0 heterocycles. The molecule has 1 N–H and O–H groups in total. The SMILES string of the molecule is C=CCO/N=C/C1=C(O)C(C(=O)OC)C(C)(C)CC1=O. The van der Waals surface area contributed by atoms with Gasteiger partial charge in [0, 0.05) is 6.42 Å². The Balaban J connectivity index is 3.12. The maximum absolute atomic E-state index is 12.0. The molecule has 1 atom stereocenters. The second-order valence-electron chi connectivity index (χ2n) is 5.16. The number of aliphatic hydroxyl groups is 1. The molecule has 0 aromatic carbocycles. The second-order valence-corrected chi connectivity index (χ2v) is 5.16. The fourth-order valence-corrected chi connectivity index (χ4v) is 2.15. The van der Waals surface area contributed by atoms with Gasteiger partial charge in [0.1, 0.15) is 18.3 Å². The van der Waals surface area contributed by atoms with Crippen LogP contribution in [-0.4, -0.2) is 36.8 Å². The number of carbonyl (C=O) groups excluding carboxylic acids is 2. The summed E-state index contributed by atoms with van der Waals surface area (Å²) in [4.78, 5) is 28.6. The predicted octanol–water partition coefficient (Wildman–Crippen LogP) is 1.78. The van der Waals surface area contributed by atoms with Gasteiger partial charge in [0.2, 0.25) is 0 Å². The first-order valence-corrected chi connectivity index (χ1v) is 6.15. The monoisotopic (exact) mass is 281 g/mol. The number of nitrogens with zero attached hydrogens (tertiary/aromatic N) is 1. The molecule has 0 saturated heterocycles. The van der Waals surface area contributed by atoms with Crippen molar-refractivity contribution in [3.05, 3.63) is 24.0 Å². The summed E-state index contributed by atoms with van der Waals surface area (Å²) < 4.78 is 4.69. The molecule has 0 saturated carbocycles. The minimum atomic E-state index is -0.897. The van der Waals surface area contributed by atoms with Crippen molar-refractivity contribution in [3.63, 3.8) is 0 Å². The highest BCUT2D eigenvalue weighted by molar-refractivity contribution is 6.15. The average Bonchev–Trinajstić information content (AvgIpc) is 2.36. The molecule has 110 valence electrons. The lowest BCUT2D eigenvalue weighted by atomic mass is 9.68. The van der Waals surface area contributed by atoms with Gasteiger partial charge in [-0.2, -0.15) is 0 Å². The van der Waals surface area contributed by atoms with E-state index in [9.17, 15) is 14.7 Å². The lowest BCUT2D eigenvalue weighted by molar-refractivity contribution is -0.150. The minimum absolute atomic E-state index is 0.0243. The zero-order valence-corrected chi connectivity index (χ0v) is 11.9. The van der Waals surface area contributed by atoms with Gasteiger partial charge < -0.3 is 14.7 Å². The van der Waals surface area contributed by atoms with Crippen LogP contribution < -0.4 is 0 Å². The topological polar surface area (TPSA) is 85.2 Å². The molecule has 1 unspecified atom stereocenters. The molecule has 20 heavy (non-hydrogen) atoms. The maximum Gasteiger partial charge on any atom is 0.316 e. The first kappa shape index (κ1) is 15.9. The number of carbonyl (C=O) groups is 2. The van der Waals surface area contributed by atoms with Crippen LogP contribution in [-0.2, 0) is 19.2 Å². The molecule has 0 amide bonds. The highest BCUT2D eigenvalue weighted by Gasteiger charge is 2.46. The summed E-state index contributed by atoms with van der Waals surface area (Å²) in [5.74, 6) is -2.10. The number of Topliss-reactive ketones (excluding diaryl/α,β-unsaturated/α-hetero) is 1. The van der Waals surface area contributed by atoms with E-state index in [0.29, 0.717) is 0 Å². The van der Waals surface area contributed by atoms with Gasteiger partial charge in [-0.25, -0.2) is 0 Å². The van der Waals surface area contributed by atoms with E-state index < -0.39 is 17.3 Å². The van der Waals surface area contributed by atoms with E-state index in [1.807, 2.05) is 0 Å². The van der Waals surface area contributed by atoms with Crippen molar-refractivity contribution in [3.8, 4) is 0 Å². The Morgan fingerprint density at radius 2 is 2.25 bits per heavy atom. The molecule has 0 aromatic heterocycles. The van der Waals surface area contributed by atoms with Crippen LogP contribution in [0.25, 0.3) is 0 Å². The summed E-state index contributed by atoms with van der Waals surface area (Å²) in [6.07, 6.45) is 2.72. The molecule has 0 bridgehead atoms. The molecular weight excluding hydrogens is 262 g/mol. The van der Waals surface area contributed by atoms with E-state index in [0.717, 1.165) is 6.21 Å². The van der Waals surface area contributed by atoms with Crippen LogP contribution in [0.5, 0.6) is 0 Å². The Morgan fingerprint density at radius 1 is 1.60 bits per heavy atom. The molecule has 1 aliphatic carbocycles. The van der Waals surface area contributed by atoms with Crippen LogP contribution in [0.1, 0.15) is 20.3 Å². The number of oxime groups is 1. The summed E-state index contributed by atoms with van der Waals surface area (Å²) in [7, 11) is 1.24. The first-order chi connectivity index (χ1) is 9.35. The molecule has 1 rings (SSSR count). The van der Waals surface area contributed by atoms with E-state index in [-0.39, 0.29) is 30.1 Å². The van der Waals surface area contributed by atoms with Crippen LogP contribution in [0.2, 0.25) is 0 Å². The summed E-state index contributed by atoms with van der Waals surface area (Å²) in [6, 6.07) is 0. The van der Waals surface area contributed by atoms with E-state index in [2.05, 4.69) is 16.5 Å². The first-order valence-electron chi connectivity index (χ1n) is 6.15. The third-order valence-corrected chi connectivity index (χ3v) is 3.13. The predicted molar refractivity (Wildman–Crippen MR) is 73.2 cm³/mol. The van der Waals surface area contributed by atoms with Crippen LogP contribution in [0, 0.1) is 11.3 Å². The molecular formula is C14H19NO5. The Kier molecular flexibility index (Phi) is 5.07. The third kappa shape index (κ3) is 3.26. The van der Waals surface area contributed by atoms with Gasteiger partial charge in [0.05, 0.1) is 18.9 Å². The van der Waals surface area contributed by atoms with Crippen molar-refractivity contribution in [2.24, 2.45) is 16.5 Å². The summed E-state index contributed by atoms with van der Waals surface area (Å²) in [5, 5.41) is 13.7. The number of ketones is 1. The number of esters is 1. The van der Waals surface area contributed by atoms with E-state index in [1.54, 1.807) is 13.8 Å². The van der Waals surface area contributed by atoms with Crippen molar-refractivity contribution in [1.29, 1.82) is 0 Å². The third-order valence-electron chi connectivity index (χ3n) is 3.13. The van der Waals surface area contributed by atoms with Gasteiger partial charge in [-0.05, 0) is 5.41 Å². The van der Waals surface area contributed by atoms with Crippen molar-refractivity contribution in [1.82, 2.24) is 0 Å². The van der Waals surface area contributed by atoms with Crippen LogP contribution in [0.4, 0.5) is 0 Å². The molecule has 1 aliphatic rings. The fraction of sp³-hybridized carbons (Fsp3) is 0.500. The van der Waals surface area contributed by atoms with E-state index in [1.165, 1.54) is 13.2 Å². The lowest BCUT2D eigenvalue weighted by Crippen LogP contribution is -2.40. The van der Waals surface area contributed by atoms with Gasteiger partial charge in [0.25, 0.3) is 0 Å². The number of hydrogen-bond donors (Lipinski definition) is 1. The van der Waals surface area contributed by atoms with Gasteiger partial charge >= 0.3 is 5.97 Å². The number of allylic oxidation sites excluding steroid dienone is 1. The summed E-state index contributed by atoms with van der Waals surface area (Å²) in [5.41, 5.74) is -0.739. The van der Waals surface area contributed by atoms with Crippen molar-refractivity contribution in [2.45, 2.75) is 20.3 Å². The van der Waals surface area contributed by atoms with Crippen LogP contribution in [0.3, 0.4) is 0 Å². The summed E-state index contributed by atoms with van der Waals surface area (Å²) >= 11 is 0. The largest absolute Gasteiger partial charge is 0.511 e. The maximum atomic E-state index is 12.0. The Hall–Kier alpha value is -2.11. The van der Waals surface area contributed by atoms with Gasteiger partial charge in [-0.3, -0.25) is 9.59 Å². The molecule has 0 spiro atoms. The normalized spacial score (nSPS) is 21.9. The van der Waals surface area contributed by atoms with E-state index >= 15 is 0 Å². The van der Waals surface area contributed by atoms with Crippen molar-refractivity contribution >= 4 is 18.0 Å². The zero-order valence-electron chi connectivity index (χ0n) is 11.9. The van der Waals surface area contributed by atoms with Crippen LogP contribution >= 0.6 is 0 Å². The van der Waals surface area contributed by atoms with Crippen LogP contribution in [0.15, 0.2) is 29.1 Å². The van der Waals surface area contributed by atoms with Gasteiger partial charge in [0.15, 0.2) is 5.78 Å². The number of aliphatic hydroxyl groups excluding tert-OH is 1. The highest BCUT2D eigenvalue weighted by Crippen LogP contribution is 2.41. The number of methoxy groups -OCH3 is 1. The lowest BCUT2D eigenvalue weighted by Gasteiger charge is -2.35. The molecule has 6 nitrogen and oxygen atoms in total. The van der Waals surface area contributed by atoms with Crippen molar-refractivity contribution < 1.29 is 24.3 Å². The Morgan fingerprint density at radius 3 is 2.80 bits per heavy atom. The van der Waals surface area contributed by atoms with Gasteiger partial charge in [-0.1, -0.05) is 31.7 Å². The highest BCUT2D eigenvalue weighted by atomic mass is 16.6. The summed E-state index contributed by atoms with van der Waals surface area (Å²) in [6.45, 7) is 7.09. The molecule has 0 aromatic rings. The smallest absolute Gasteiger partial charge is 0.316 e. The second kappa shape index (κ2) is 6.36. The van der Waals surface area contributed by atoms with E-state index in [4.69, 9.17) is 4.84 Å². The Bertz CT molecular complexity index is 476. The Labute approximate surface area is 117 Å².